The van der Waals surface area contributed by atoms with Crippen LogP contribution in [0.25, 0.3) is 0 Å². The van der Waals surface area contributed by atoms with Crippen molar-refractivity contribution in [1.82, 2.24) is 0 Å². The number of aliphatic hydroxyl groups is 1. The summed E-state index contributed by atoms with van der Waals surface area (Å²) < 4.78 is 10.8. The van der Waals surface area contributed by atoms with Gasteiger partial charge in [-0.1, -0.05) is 31.4 Å². The topological polar surface area (TPSA) is 38.7 Å². The lowest BCUT2D eigenvalue weighted by Crippen LogP contribution is -2.31. The second-order valence-corrected chi connectivity index (χ2v) is 5.32. The molecule has 3 heteroatoms. The fraction of sp³-hybridized carbons (Fsp3) is 0.625. The van der Waals surface area contributed by atoms with Crippen LogP contribution in [0, 0.1) is 5.92 Å². The third kappa shape index (κ3) is 3.48. The van der Waals surface area contributed by atoms with Crippen LogP contribution >= 0.6 is 0 Å². The Morgan fingerprint density at radius 3 is 2.53 bits per heavy atom. The number of rotatable bonds is 5. The highest BCUT2D eigenvalue weighted by atomic mass is 16.5. The lowest BCUT2D eigenvalue weighted by atomic mass is 9.82. The van der Waals surface area contributed by atoms with Gasteiger partial charge in [-0.25, -0.2) is 0 Å². The van der Waals surface area contributed by atoms with Crippen molar-refractivity contribution in [3.8, 4) is 5.75 Å². The lowest BCUT2D eigenvalue weighted by molar-refractivity contribution is -0.0559. The van der Waals surface area contributed by atoms with Crippen LogP contribution in [0.1, 0.15) is 43.8 Å². The molecule has 2 rings (SSSR count). The summed E-state index contributed by atoms with van der Waals surface area (Å²) in [6, 6.07) is 7.62. The first-order chi connectivity index (χ1) is 9.26. The molecule has 0 bridgehead atoms. The summed E-state index contributed by atoms with van der Waals surface area (Å²) in [5, 5.41) is 10.6. The fourth-order valence-corrected chi connectivity index (χ4v) is 3.06. The zero-order valence-electron chi connectivity index (χ0n) is 11.8. The van der Waals surface area contributed by atoms with Gasteiger partial charge in [0.05, 0.1) is 13.2 Å². The van der Waals surface area contributed by atoms with E-state index in [4.69, 9.17) is 9.47 Å². The third-order valence-corrected chi connectivity index (χ3v) is 4.13. The lowest BCUT2D eigenvalue weighted by Gasteiger charge is -2.32. The number of aliphatic hydroxyl groups excluding tert-OH is 1. The van der Waals surface area contributed by atoms with Gasteiger partial charge in [0, 0.05) is 7.11 Å². The van der Waals surface area contributed by atoms with Crippen molar-refractivity contribution in [2.75, 3.05) is 14.2 Å². The molecule has 0 amide bonds. The molecular weight excluding hydrogens is 240 g/mol. The molecule has 0 aliphatic heterocycles. The summed E-state index contributed by atoms with van der Waals surface area (Å²) in [4.78, 5) is 0. The molecule has 0 saturated heterocycles. The van der Waals surface area contributed by atoms with Crippen molar-refractivity contribution >= 4 is 0 Å². The Bertz CT molecular complexity index is 385. The number of ether oxygens (including phenoxy) is 2. The molecular formula is C16H24O3. The van der Waals surface area contributed by atoms with Gasteiger partial charge in [-0.05, 0) is 36.5 Å². The quantitative estimate of drug-likeness (QED) is 0.886. The molecule has 0 aromatic heterocycles. The van der Waals surface area contributed by atoms with Gasteiger partial charge >= 0.3 is 0 Å². The SMILES string of the molecule is COc1cccc(C(O)C(OC)C2CCCCC2)c1. The van der Waals surface area contributed by atoms with Crippen LogP contribution in [0.4, 0.5) is 0 Å². The predicted molar refractivity (Wildman–Crippen MR) is 75.3 cm³/mol. The second-order valence-electron chi connectivity index (χ2n) is 5.32. The van der Waals surface area contributed by atoms with E-state index in [1.807, 2.05) is 24.3 Å². The van der Waals surface area contributed by atoms with Crippen LogP contribution in [-0.4, -0.2) is 25.4 Å². The second kappa shape index (κ2) is 6.92. The van der Waals surface area contributed by atoms with Crippen LogP contribution in [0.5, 0.6) is 5.75 Å². The van der Waals surface area contributed by atoms with Crippen LogP contribution in [0.2, 0.25) is 0 Å². The highest BCUT2D eigenvalue weighted by Gasteiger charge is 2.30. The van der Waals surface area contributed by atoms with E-state index in [1.165, 1.54) is 19.3 Å². The Morgan fingerprint density at radius 1 is 1.16 bits per heavy atom. The summed E-state index contributed by atoms with van der Waals surface area (Å²) in [6.45, 7) is 0. The molecule has 0 spiro atoms. The standard InChI is InChI=1S/C16H24O3/c1-18-14-10-6-9-13(11-14)15(17)16(19-2)12-7-4-3-5-8-12/h6,9-12,15-17H,3-5,7-8H2,1-2H3. The Labute approximate surface area is 115 Å². The van der Waals surface area contributed by atoms with E-state index >= 15 is 0 Å². The molecule has 1 aliphatic rings. The zero-order chi connectivity index (χ0) is 13.7. The van der Waals surface area contributed by atoms with Crippen LogP contribution in [-0.2, 0) is 4.74 Å². The van der Waals surface area contributed by atoms with Crippen molar-refractivity contribution in [3.63, 3.8) is 0 Å². The Kier molecular flexibility index (Phi) is 5.23. The van der Waals surface area contributed by atoms with Crippen molar-refractivity contribution in [2.45, 2.75) is 44.3 Å². The average molecular weight is 264 g/mol. The monoisotopic (exact) mass is 264 g/mol. The Balaban J connectivity index is 2.12. The summed E-state index contributed by atoms with van der Waals surface area (Å²) in [5.41, 5.74) is 0.872. The first-order valence-corrected chi connectivity index (χ1v) is 7.11. The van der Waals surface area contributed by atoms with E-state index in [0.29, 0.717) is 5.92 Å². The summed E-state index contributed by atoms with van der Waals surface area (Å²) in [6.07, 6.45) is 5.40. The van der Waals surface area contributed by atoms with Gasteiger partial charge in [0.15, 0.2) is 0 Å². The highest BCUT2D eigenvalue weighted by molar-refractivity contribution is 5.30. The zero-order valence-corrected chi connectivity index (χ0v) is 11.8. The molecule has 19 heavy (non-hydrogen) atoms. The summed E-state index contributed by atoms with van der Waals surface area (Å²) in [5.74, 6) is 1.23. The molecule has 2 atom stereocenters. The van der Waals surface area contributed by atoms with Crippen LogP contribution in [0.15, 0.2) is 24.3 Å². The van der Waals surface area contributed by atoms with Gasteiger partial charge < -0.3 is 14.6 Å². The number of hydrogen-bond donors (Lipinski definition) is 1. The molecule has 1 N–H and O–H groups in total. The molecule has 1 aliphatic carbocycles. The molecule has 0 heterocycles. The minimum absolute atomic E-state index is 0.118. The molecule has 1 aromatic carbocycles. The summed E-state index contributed by atoms with van der Waals surface area (Å²) in [7, 11) is 3.34. The van der Waals surface area contributed by atoms with E-state index in [0.717, 1.165) is 24.2 Å². The van der Waals surface area contributed by atoms with Crippen LogP contribution in [0.3, 0.4) is 0 Å². The van der Waals surface area contributed by atoms with Crippen LogP contribution < -0.4 is 4.74 Å². The third-order valence-electron chi connectivity index (χ3n) is 4.13. The average Bonchev–Trinajstić information content (AvgIpc) is 2.49. The van der Waals surface area contributed by atoms with Crippen molar-refractivity contribution < 1.29 is 14.6 Å². The van der Waals surface area contributed by atoms with Gasteiger partial charge in [-0.2, -0.15) is 0 Å². The van der Waals surface area contributed by atoms with Gasteiger partial charge in [0.2, 0.25) is 0 Å². The Hall–Kier alpha value is -1.06. The van der Waals surface area contributed by atoms with Gasteiger partial charge in [0.25, 0.3) is 0 Å². The molecule has 1 saturated carbocycles. The largest absolute Gasteiger partial charge is 0.497 e. The first-order valence-electron chi connectivity index (χ1n) is 7.11. The van der Waals surface area contributed by atoms with E-state index in [9.17, 15) is 5.11 Å². The maximum atomic E-state index is 10.6. The molecule has 0 radical (unpaired) electrons. The van der Waals surface area contributed by atoms with E-state index < -0.39 is 6.10 Å². The first kappa shape index (κ1) is 14.4. The minimum Gasteiger partial charge on any atom is -0.497 e. The molecule has 1 aromatic rings. The number of hydrogen-bond acceptors (Lipinski definition) is 3. The predicted octanol–water partition coefficient (Wildman–Crippen LogP) is 3.32. The normalized spacial score (nSPS) is 19.9. The fourth-order valence-electron chi connectivity index (χ4n) is 3.06. The van der Waals surface area contributed by atoms with Gasteiger partial charge in [0.1, 0.15) is 11.9 Å². The van der Waals surface area contributed by atoms with Crippen molar-refractivity contribution in [2.24, 2.45) is 5.92 Å². The summed E-state index contributed by atoms with van der Waals surface area (Å²) >= 11 is 0. The smallest absolute Gasteiger partial charge is 0.119 e. The van der Waals surface area contributed by atoms with Gasteiger partial charge in [-0.3, -0.25) is 0 Å². The molecule has 1 fully saturated rings. The molecule has 2 unspecified atom stereocenters. The maximum Gasteiger partial charge on any atom is 0.119 e. The van der Waals surface area contributed by atoms with E-state index in [1.54, 1.807) is 14.2 Å². The maximum absolute atomic E-state index is 10.6. The van der Waals surface area contributed by atoms with Crippen molar-refractivity contribution in [1.29, 1.82) is 0 Å². The number of methoxy groups -OCH3 is 2. The molecule has 106 valence electrons. The van der Waals surface area contributed by atoms with E-state index in [-0.39, 0.29) is 6.10 Å². The highest BCUT2D eigenvalue weighted by Crippen LogP contribution is 2.34. The van der Waals surface area contributed by atoms with E-state index in [2.05, 4.69) is 0 Å². The Morgan fingerprint density at radius 2 is 1.89 bits per heavy atom. The van der Waals surface area contributed by atoms with Crippen molar-refractivity contribution in [3.05, 3.63) is 29.8 Å². The molecule has 3 nitrogen and oxygen atoms in total. The van der Waals surface area contributed by atoms with Gasteiger partial charge in [-0.15, -0.1) is 0 Å². The number of benzene rings is 1. The minimum atomic E-state index is -0.580.